The minimum absolute atomic E-state index is 0. The number of hydrogen-bond acceptors (Lipinski definition) is 5. The maximum Gasteiger partial charge on any atom is 0.190 e. The van der Waals surface area contributed by atoms with Gasteiger partial charge in [0.25, 0.3) is 0 Å². The second-order valence-electron chi connectivity index (χ2n) is 8.13. The molecule has 0 amide bonds. The van der Waals surface area contributed by atoms with Gasteiger partial charge in [-0.3, -0.25) is 9.89 Å². The molecule has 0 spiro atoms. The zero-order valence-corrected chi connectivity index (χ0v) is 22.1. The van der Waals surface area contributed by atoms with Crippen LogP contribution in [0.25, 0.3) is 0 Å². The Morgan fingerprint density at radius 1 is 1.03 bits per heavy atom. The number of guanidine groups is 1. The molecule has 0 aromatic heterocycles. The van der Waals surface area contributed by atoms with E-state index < -0.39 is 0 Å². The highest BCUT2D eigenvalue weighted by Gasteiger charge is 2.16. The minimum Gasteiger partial charge on any atom is -0.497 e. The molecule has 0 saturated carbocycles. The summed E-state index contributed by atoms with van der Waals surface area (Å²) in [5.74, 6) is 2.38. The van der Waals surface area contributed by atoms with Gasteiger partial charge in [0.2, 0.25) is 0 Å². The van der Waals surface area contributed by atoms with E-state index in [4.69, 9.17) is 9.47 Å². The molecule has 1 saturated heterocycles. The molecule has 1 aliphatic heterocycles. The first-order chi connectivity index (χ1) is 14.6. The van der Waals surface area contributed by atoms with Crippen LogP contribution in [0, 0.1) is 5.92 Å². The molecule has 7 nitrogen and oxygen atoms in total. The van der Waals surface area contributed by atoms with E-state index in [1.165, 1.54) is 5.69 Å². The van der Waals surface area contributed by atoms with Crippen molar-refractivity contribution in [3.8, 4) is 5.75 Å². The first-order valence-electron chi connectivity index (χ1n) is 11.3. The average molecular weight is 548 g/mol. The summed E-state index contributed by atoms with van der Waals surface area (Å²) in [6.07, 6.45) is 2.10. The first kappa shape index (κ1) is 27.8. The van der Waals surface area contributed by atoms with Crippen molar-refractivity contribution in [2.24, 2.45) is 10.9 Å². The monoisotopic (exact) mass is 547 g/mol. The largest absolute Gasteiger partial charge is 0.497 e. The summed E-state index contributed by atoms with van der Waals surface area (Å²) in [6.45, 7) is 13.3. The number of piperazine rings is 1. The SMILES string of the molecule is CN=C(NCCCOCC(C)C)NCCCN1CCN(c2ccc(OC)cc2)CC1.I. The van der Waals surface area contributed by atoms with Crippen LogP contribution in [-0.4, -0.2) is 84.0 Å². The number of aliphatic imine (C=N–C) groups is 1. The van der Waals surface area contributed by atoms with Crippen LogP contribution in [0.2, 0.25) is 0 Å². The van der Waals surface area contributed by atoms with Crippen LogP contribution in [0.5, 0.6) is 5.75 Å². The van der Waals surface area contributed by atoms with Crippen molar-refractivity contribution >= 4 is 35.6 Å². The third-order valence-electron chi connectivity index (χ3n) is 5.19. The van der Waals surface area contributed by atoms with Gasteiger partial charge in [0.1, 0.15) is 5.75 Å². The quantitative estimate of drug-likeness (QED) is 0.182. The van der Waals surface area contributed by atoms with E-state index in [0.717, 1.165) is 83.6 Å². The number of nitrogens with one attached hydrogen (secondary N) is 2. The van der Waals surface area contributed by atoms with E-state index in [2.05, 4.69) is 51.4 Å². The number of methoxy groups -OCH3 is 1. The van der Waals surface area contributed by atoms with Crippen molar-refractivity contribution in [1.82, 2.24) is 15.5 Å². The molecule has 1 fully saturated rings. The Labute approximate surface area is 206 Å². The smallest absolute Gasteiger partial charge is 0.190 e. The van der Waals surface area contributed by atoms with Crippen molar-refractivity contribution in [3.63, 3.8) is 0 Å². The van der Waals surface area contributed by atoms with Crippen LogP contribution >= 0.6 is 24.0 Å². The van der Waals surface area contributed by atoms with Gasteiger partial charge in [-0.2, -0.15) is 0 Å². The summed E-state index contributed by atoms with van der Waals surface area (Å²) in [5.41, 5.74) is 1.28. The van der Waals surface area contributed by atoms with Gasteiger partial charge in [-0.15, -0.1) is 24.0 Å². The van der Waals surface area contributed by atoms with Crippen LogP contribution in [0.15, 0.2) is 29.3 Å². The maximum absolute atomic E-state index is 5.61. The average Bonchev–Trinajstić information content (AvgIpc) is 2.77. The molecule has 1 heterocycles. The number of halogens is 1. The van der Waals surface area contributed by atoms with Crippen molar-refractivity contribution in [2.45, 2.75) is 26.7 Å². The molecule has 178 valence electrons. The summed E-state index contributed by atoms with van der Waals surface area (Å²) >= 11 is 0. The molecular weight excluding hydrogens is 505 g/mol. The summed E-state index contributed by atoms with van der Waals surface area (Å²) in [5, 5.41) is 6.77. The molecule has 0 unspecified atom stereocenters. The van der Waals surface area contributed by atoms with Crippen molar-refractivity contribution in [2.75, 3.05) is 78.1 Å². The molecule has 2 rings (SSSR count). The topological polar surface area (TPSA) is 61.4 Å². The van der Waals surface area contributed by atoms with E-state index in [1.807, 2.05) is 19.2 Å². The lowest BCUT2D eigenvalue weighted by atomic mass is 10.2. The Morgan fingerprint density at radius 2 is 1.68 bits per heavy atom. The van der Waals surface area contributed by atoms with Crippen LogP contribution in [0.4, 0.5) is 5.69 Å². The Morgan fingerprint density at radius 3 is 2.26 bits per heavy atom. The van der Waals surface area contributed by atoms with Crippen molar-refractivity contribution in [1.29, 1.82) is 0 Å². The predicted octanol–water partition coefficient (Wildman–Crippen LogP) is 3.05. The second kappa shape index (κ2) is 16.4. The second-order valence-corrected chi connectivity index (χ2v) is 8.13. The number of anilines is 1. The van der Waals surface area contributed by atoms with E-state index in [1.54, 1.807) is 7.11 Å². The van der Waals surface area contributed by atoms with Crippen LogP contribution in [-0.2, 0) is 4.74 Å². The molecule has 0 atom stereocenters. The summed E-state index contributed by atoms with van der Waals surface area (Å²) in [4.78, 5) is 9.29. The Balaban J connectivity index is 0.00000480. The third kappa shape index (κ3) is 11.2. The van der Waals surface area contributed by atoms with Crippen molar-refractivity contribution < 1.29 is 9.47 Å². The highest BCUT2D eigenvalue weighted by Crippen LogP contribution is 2.20. The number of benzene rings is 1. The van der Waals surface area contributed by atoms with Gasteiger partial charge in [-0.05, 0) is 49.6 Å². The summed E-state index contributed by atoms with van der Waals surface area (Å²) < 4.78 is 10.9. The lowest BCUT2D eigenvalue weighted by molar-refractivity contribution is 0.108. The zero-order chi connectivity index (χ0) is 21.6. The fourth-order valence-corrected chi connectivity index (χ4v) is 3.45. The van der Waals surface area contributed by atoms with Gasteiger partial charge in [0.15, 0.2) is 5.96 Å². The highest BCUT2D eigenvalue weighted by atomic mass is 127. The third-order valence-corrected chi connectivity index (χ3v) is 5.19. The fraction of sp³-hybridized carbons (Fsp3) is 0.696. The van der Waals surface area contributed by atoms with E-state index in [0.29, 0.717) is 5.92 Å². The van der Waals surface area contributed by atoms with Gasteiger partial charge < -0.3 is 25.0 Å². The summed E-state index contributed by atoms with van der Waals surface area (Å²) in [6, 6.07) is 8.36. The Bertz CT molecular complexity index is 604. The summed E-state index contributed by atoms with van der Waals surface area (Å²) in [7, 11) is 3.53. The van der Waals surface area contributed by atoms with E-state index in [-0.39, 0.29) is 24.0 Å². The van der Waals surface area contributed by atoms with Gasteiger partial charge in [-0.1, -0.05) is 13.8 Å². The minimum atomic E-state index is 0. The Hall–Kier alpha value is -1.26. The van der Waals surface area contributed by atoms with Crippen LogP contribution in [0.1, 0.15) is 26.7 Å². The zero-order valence-electron chi connectivity index (χ0n) is 19.7. The Kier molecular flexibility index (Phi) is 14.7. The van der Waals surface area contributed by atoms with E-state index in [9.17, 15) is 0 Å². The highest BCUT2D eigenvalue weighted by molar-refractivity contribution is 14.0. The number of hydrogen-bond donors (Lipinski definition) is 2. The number of ether oxygens (including phenoxy) is 2. The van der Waals surface area contributed by atoms with Gasteiger partial charge in [-0.25, -0.2) is 0 Å². The molecule has 2 N–H and O–H groups in total. The molecule has 1 aliphatic rings. The normalized spacial score (nSPS) is 15.0. The van der Waals surface area contributed by atoms with Gasteiger partial charge >= 0.3 is 0 Å². The maximum atomic E-state index is 5.61. The number of rotatable bonds is 12. The molecule has 1 aromatic carbocycles. The molecule has 8 heteroatoms. The molecule has 0 bridgehead atoms. The molecule has 0 aliphatic carbocycles. The standard InChI is InChI=1S/C23H41N5O2.HI/c1-20(2)19-30-18-6-12-26-23(24-3)25-11-5-13-27-14-16-28(17-15-27)21-7-9-22(29-4)10-8-21;/h7-10,20H,5-6,11-19H2,1-4H3,(H2,24,25,26);1H. The van der Waals surface area contributed by atoms with Crippen molar-refractivity contribution in [3.05, 3.63) is 24.3 Å². The lowest BCUT2D eigenvalue weighted by Gasteiger charge is -2.36. The van der Waals surface area contributed by atoms with Gasteiger partial charge in [0.05, 0.1) is 7.11 Å². The molecule has 31 heavy (non-hydrogen) atoms. The predicted molar refractivity (Wildman–Crippen MR) is 141 cm³/mol. The lowest BCUT2D eigenvalue weighted by Crippen LogP contribution is -2.47. The van der Waals surface area contributed by atoms with Crippen LogP contribution < -0.4 is 20.3 Å². The molecular formula is C23H42IN5O2. The molecule has 1 aromatic rings. The van der Waals surface area contributed by atoms with E-state index >= 15 is 0 Å². The van der Waals surface area contributed by atoms with Crippen LogP contribution in [0.3, 0.4) is 0 Å². The first-order valence-corrected chi connectivity index (χ1v) is 11.3. The number of nitrogens with zero attached hydrogens (tertiary/aromatic N) is 3. The fourth-order valence-electron chi connectivity index (χ4n) is 3.45. The van der Waals surface area contributed by atoms with Gasteiger partial charge in [0, 0.05) is 65.2 Å². The molecule has 0 radical (unpaired) electrons.